The van der Waals surface area contributed by atoms with Crippen LogP contribution in [0.1, 0.15) is 21.8 Å². The quantitative estimate of drug-likeness (QED) is 0.920. The van der Waals surface area contributed by atoms with Gasteiger partial charge in [-0.1, -0.05) is 30.3 Å². The highest BCUT2D eigenvalue weighted by atomic mass is 16.5. The number of likely N-dealkylation sites (N-methyl/N-ethyl adjacent to an activating group) is 1. The zero-order valence-corrected chi connectivity index (χ0v) is 12.2. The van der Waals surface area contributed by atoms with Crippen molar-refractivity contribution >= 4 is 17.5 Å². The Labute approximate surface area is 128 Å². The van der Waals surface area contributed by atoms with Crippen molar-refractivity contribution in [2.45, 2.75) is 5.92 Å². The third kappa shape index (κ3) is 2.30. The van der Waals surface area contributed by atoms with E-state index in [4.69, 9.17) is 10.5 Å². The largest absolute Gasteiger partial charge is 0.490 e. The van der Waals surface area contributed by atoms with Crippen LogP contribution in [0.25, 0.3) is 0 Å². The summed E-state index contributed by atoms with van der Waals surface area (Å²) in [6.45, 7) is 0.171. The molecular formula is C17H16N2O3. The van der Waals surface area contributed by atoms with Gasteiger partial charge in [-0.15, -0.1) is 0 Å². The van der Waals surface area contributed by atoms with Gasteiger partial charge in [0.2, 0.25) is 11.8 Å². The predicted octanol–water partition coefficient (Wildman–Crippen LogP) is 1.92. The average Bonchev–Trinajstić information content (AvgIpc) is 2.66. The number of nitrogens with zero attached hydrogens (tertiary/aromatic N) is 1. The summed E-state index contributed by atoms with van der Waals surface area (Å²) in [5, 5.41) is 0. The molecule has 1 unspecified atom stereocenters. The predicted molar refractivity (Wildman–Crippen MR) is 83.0 cm³/mol. The minimum atomic E-state index is -0.568. The van der Waals surface area contributed by atoms with E-state index in [1.165, 1.54) is 0 Å². The normalized spacial score (nSPS) is 17.4. The van der Waals surface area contributed by atoms with Crippen LogP contribution in [0.2, 0.25) is 0 Å². The molecule has 0 saturated heterocycles. The molecule has 1 heterocycles. The summed E-state index contributed by atoms with van der Waals surface area (Å²) < 4.78 is 5.78. The van der Waals surface area contributed by atoms with Crippen LogP contribution in [-0.4, -0.2) is 25.5 Å². The van der Waals surface area contributed by atoms with Crippen LogP contribution in [0.5, 0.6) is 5.75 Å². The van der Waals surface area contributed by atoms with E-state index in [0.717, 1.165) is 0 Å². The molecule has 2 aromatic carbocycles. The van der Waals surface area contributed by atoms with Gasteiger partial charge in [0.1, 0.15) is 12.4 Å². The monoisotopic (exact) mass is 296 g/mol. The van der Waals surface area contributed by atoms with Crippen molar-refractivity contribution in [2.75, 3.05) is 18.6 Å². The lowest BCUT2D eigenvalue weighted by atomic mass is 9.93. The standard InChI is InChI=1S/C17H16N2O3/c1-19-14-8-4-5-9-15(14)22-10-13(17(19)21)11-6-2-3-7-12(11)16(18)20/h2-9,13H,10H2,1H3,(H2,18,20). The van der Waals surface area contributed by atoms with Gasteiger partial charge in [0.15, 0.2) is 0 Å². The fourth-order valence-electron chi connectivity index (χ4n) is 2.70. The van der Waals surface area contributed by atoms with E-state index in [2.05, 4.69) is 0 Å². The molecule has 0 fully saturated rings. The van der Waals surface area contributed by atoms with Crippen molar-refractivity contribution in [3.8, 4) is 5.75 Å². The molecule has 2 amide bonds. The van der Waals surface area contributed by atoms with Crippen molar-refractivity contribution in [3.05, 3.63) is 59.7 Å². The van der Waals surface area contributed by atoms with E-state index in [0.29, 0.717) is 22.6 Å². The van der Waals surface area contributed by atoms with E-state index in [1.807, 2.05) is 24.3 Å². The lowest BCUT2D eigenvalue weighted by Gasteiger charge is -2.21. The summed E-state index contributed by atoms with van der Waals surface area (Å²) in [6.07, 6.45) is 0. The number of anilines is 1. The second-order valence-corrected chi connectivity index (χ2v) is 5.18. The molecule has 0 spiro atoms. The Morgan fingerprint density at radius 3 is 2.64 bits per heavy atom. The lowest BCUT2D eigenvalue weighted by Crippen LogP contribution is -2.33. The van der Waals surface area contributed by atoms with Crippen LogP contribution in [-0.2, 0) is 4.79 Å². The van der Waals surface area contributed by atoms with E-state index in [1.54, 1.807) is 36.2 Å². The van der Waals surface area contributed by atoms with Gasteiger partial charge >= 0.3 is 0 Å². The molecule has 1 aliphatic rings. The highest BCUT2D eigenvalue weighted by molar-refractivity contribution is 6.02. The van der Waals surface area contributed by atoms with Crippen molar-refractivity contribution in [2.24, 2.45) is 5.73 Å². The summed E-state index contributed by atoms with van der Waals surface area (Å²) in [7, 11) is 1.70. The molecule has 22 heavy (non-hydrogen) atoms. The summed E-state index contributed by atoms with van der Waals surface area (Å²) >= 11 is 0. The van der Waals surface area contributed by atoms with E-state index in [9.17, 15) is 9.59 Å². The highest BCUT2D eigenvalue weighted by Gasteiger charge is 2.32. The molecule has 2 aromatic rings. The number of primary amides is 1. The molecule has 0 aliphatic carbocycles. The number of nitrogens with two attached hydrogens (primary N) is 1. The molecule has 1 atom stereocenters. The van der Waals surface area contributed by atoms with Gasteiger partial charge < -0.3 is 15.4 Å². The molecule has 2 N–H and O–H groups in total. The second-order valence-electron chi connectivity index (χ2n) is 5.18. The first-order chi connectivity index (χ1) is 10.6. The molecule has 5 nitrogen and oxygen atoms in total. The number of ether oxygens (including phenoxy) is 1. The van der Waals surface area contributed by atoms with Gasteiger partial charge in [-0.2, -0.15) is 0 Å². The van der Waals surface area contributed by atoms with Crippen LogP contribution in [0, 0.1) is 0 Å². The van der Waals surface area contributed by atoms with E-state index >= 15 is 0 Å². The van der Waals surface area contributed by atoms with Crippen LogP contribution in [0.4, 0.5) is 5.69 Å². The number of carbonyl (C=O) groups is 2. The lowest BCUT2D eigenvalue weighted by molar-refractivity contribution is -0.120. The van der Waals surface area contributed by atoms with Gasteiger partial charge in [0.05, 0.1) is 11.6 Å². The first kappa shape index (κ1) is 14.1. The van der Waals surface area contributed by atoms with Gasteiger partial charge in [0, 0.05) is 12.6 Å². The third-order valence-corrected chi connectivity index (χ3v) is 3.86. The Hall–Kier alpha value is -2.82. The van der Waals surface area contributed by atoms with Crippen molar-refractivity contribution in [1.29, 1.82) is 0 Å². The van der Waals surface area contributed by atoms with E-state index < -0.39 is 11.8 Å². The molecular weight excluding hydrogens is 280 g/mol. The first-order valence-corrected chi connectivity index (χ1v) is 6.97. The summed E-state index contributed by atoms with van der Waals surface area (Å²) in [4.78, 5) is 26.0. The summed E-state index contributed by atoms with van der Waals surface area (Å²) in [5.41, 5.74) is 7.08. The smallest absolute Gasteiger partial charge is 0.249 e. The highest BCUT2D eigenvalue weighted by Crippen LogP contribution is 2.34. The number of carbonyl (C=O) groups excluding carboxylic acids is 2. The number of amides is 2. The van der Waals surface area contributed by atoms with Gasteiger partial charge in [0.25, 0.3) is 0 Å². The Balaban J connectivity index is 2.05. The molecule has 3 rings (SSSR count). The minimum absolute atomic E-state index is 0.126. The second kappa shape index (κ2) is 5.52. The van der Waals surface area contributed by atoms with Gasteiger partial charge in [-0.3, -0.25) is 9.59 Å². The van der Waals surface area contributed by atoms with Gasteiger partial charge in [-0.05, 0) is 23.8 Å². The number of hydrogen-bond acceptors (Lipinski definition) is 3. The number of para-hydroxylation sites is 2. The summed E-state index contributed by atoms with van der Waals surface area (Å²) in [6, 6.07) is 14.2. The zero-order valence-electron chi connectivity index (χ0n) is 12.2. The number of hydrogen-bond donors (Lipinski definition) is 1. The molecule has 0 bridgehead atoms. The number of benzene rings is 2. The van der Waals surface area contributed by atoms with Crippen molar-refractivity contribution in [3.63, 3.8) is 0 Å². The molecule has 1 aliphatic heterocycles. The fraction of sp³-hybridized carbons (Fsp3) is 0.176. The molecule has 0 aromatic heterocycles. The van der Waals surface area contributed by atoms with Crippen LogP contribution in [0.15, 0.2) is 48.5 Å². The molecule has 5 heteroatoms. The number of fused-ring (bicyclic) bond motifs is 1. The Morgan fingerprint density at radius 2 is 1.86 bits per heavy atom. The maximum absolute atomic E-state index is 12.8. The number of rotatable bonds is 2. The average molecular weight is 296 g/mol. The first-order valence-electron chi connectivity index (χ1n) is 6.97. The Kier molecular flexibility index (Phi) is 3.55. The van der Waals surface area contributed by atoms with Crippen molar-refractivity contribution < 1.29 is 14.3 Å². The molecule has 0 saturated carbocycles. The minimum Gasteiger partial charge on any atom is -0.490 e. The fourth-order valence-corrected chi connectivity index (χ4v) is 2.70. The van der Waals surface area contributed by atoms with Crippen LogP contribution >= 0.6 is 0 Å². The molecule has 112 valence electrons. The maximum Gasteiger partial charge on any atom is 0.249 e. The van der Waals surface area contributed by atoms with Gasteiger partial charge in [-0.25, -0.2) is 0 Å². The SMILES string of the molecule is CN1C(=O)C(c2ccccc2C(N)=O)COc2ccccc21. The molecule has 0 radical (unpaired) electrons. The Morgan fingerprint density at radius 1 is 1.18 bits per heavy atom. The topological polar surface area (TPSA) is 72.6 Å². The van der Waals surface area contributed by atoms with Crippen LogP contribution in [0.3, 0.4) is 0 Å². The zero-order chi connectivity index (χ0) is 15.7. The Bertz CT molecular complexity index is 742. The van der Waals surface area contributed by atoms with E-state index in [-0.39, 0.29) is 12.5 Å². The third-order valence-electron chi connectivity index (χ3n) is 3.86. The van der Waals surface area contributed by atoms with Crippen molar-refractivity contribution in [1.82, 2.24) is 0 Å². The summed E-state index contributed by atoms with van der Waals surface area (Å²) in [5.74, 6) is -0.593. The maximum atomic E-state index is 12.8. The van der Waals surface area contributed by atoms with Crippen LogP contribution < -0.4 is 15.4 Å².